The SMILES string of the molecule is CC(C)c1c(-c2ccc(Cl)cc2)oc2ncnc(Nc3cccc(O)c3)c12. The molecule has 2 aromatic carbocycles. The van der Waals surface area contributed by atoms with Crippen LogP contribution in [0.15, 0.2) is 59.3 Å². The van der Waals surface area contributed by atoms with E-state index in [1.807, 2.05) is 30.3 Å². The molecule has 0 atom stereocenters. The highest BCUT2D eigenvalue weighted by Gasteiger charge is 2.22. The van der Waals surface area contributed by atoms with Crippen molar-refractivity contribution >= 4 is 34.2 Å². The normalized spacial score (nSPS) is 11.3. The molecule has 0 saturated carbocycles. The van der Waals surface area contributed by atoms with Crippen LogP contribution in [0.2, 0.25) is 5.02 Å². The van der Waals surface area contributed by atoms with Crippen LogP contribution in [0.4, 0.5) is 11.5 Å². The lowest BCUT2D eigenvalue weighted by molar-refractivity contribution is 0.475. The Kier molecular flexibility index (Phi) is 4.46. The van der Waals surface area contributed by atoms with E-state index in [4.69, 9.17) is 16.0 Å². The molecule has 0 spiro atoms. The van der Waals surface area contributed by atoms with Crippen LogP contribution in [0.1, 0.15) is 25.3 Å². The van der Waals surface area contributed by atoms with E-state index in [1.165, 1.54) is 6.33 Å². The van der Waals surface area contributed by atoms with Crippen molar-refractivity contribution in [2.75, 3.05) is 5.32 Å². The Morgan fingerprint density at radius 3 is 2.56 bits per heavy atom. The van der Waals surface area contributed by atoms with Crippen molar-refractivity contribution in [3.05, 3.63) is 65.4 Å². The number of anilines is 2. The van der Waals surface area contributed by atoms with Crippen LogP contribution >= 0.6 is 11.6 Å². The van der Waals surface area contributed by atoms with Gasteiger partial charge in [-0.3, -0.25) is 0 Å². The van der Waals surface area contributed by atoms with Crippen LogP contribution in [0.25, 0.3) is 22.4 Å². The smallest absolute Gasteiger partial charge is 0.232 e. The molecule has 5 nitrogen and oxygen atoms in total. The van der Waals surface area contributed by atoms with E-state index >= 15 is 0 Å². The van der Waals surface area contributed by atoms with Gasteiger partial charge in [0.05, 0.1) is 5.39 Å². The first-order valence-electron chi connectivity index (χ1n) is 8.62. The summed E-state index contributed by atoms with van der Waals surface area (Å²) in [5.41, 5.74) is 3.21. The highest BCUT2D eigenvalue weighted by Crippen LogP contribution is 2.40. The van der Waals surface area contributed by atoms with Crippen LogP contribution in [0.5, 0.6) is 5.75 Å². The fourth-order valence-electron chi connectivity index (χ4n) is 3.14. The Labute approximate surface area is 161 Å². The number of nitrogens with zero attached hydrogens (tertiary/aromatic N) is 2. The number of aromatic nitrogens is 2. The molecule has 0 radical (unpaired) electrons. The molecule has 27 heavy (non-hydrogen) atoms. The van der Waals surface area contributed by atoms with Crippen molar-refractivity contribution in [3.63, 3.8) is 0 Å². The quantitative estimate of drug-likeness (QED) is 0.447. The average Bonchev–Trinajstić information content (AvgIpc) is 3.03. The molecular weight excluding hydrogens is 362 g/mol. The molecule has 0 aliphatic carbocycles. The van der Waals surface area contributed by atoms with Gasteiger partial charge in [0.15, 0.2) is 0 Å². The molecule has 136 valence electrons. The third kappa shape index (κ3) is 3.34. The predicted molar refractivity (Wildman–Crippen MR) is 108 cm³/mol. The van der Waals surface area contributed by atoms with E-state index in [9.17, 15) is 5.11 Å². The minimum Gasteiger partial charge on any atom is -0.508 e. The van der Waals surface area contributed by atoms with E-state index in [0.29, 0.717) is 16.6 Å². The molecule has 0 unspecified atom stereocenters. The largest absolute Gasteiger partial charge is 0.508 e. The zero-order valence-corrected chi connectivity index (χ0v) is 15.7. The Morgan fingerprint density at radius 1 is 1.07 bits per heavy atom. The first kappa shape index (κ1) is 17.4. The summed E-state index contributed by atoms with van der Waals surface area (Å²) in [7, 11) is 0. The van der Waals surface area contributed by atoms with E-state index in [2.05, 4.69) is 29.1 Å². The van der Waals surface area contributed by atoms with Gasteiger partial charge < -0.3 is 14.8 Å². The van der Waals surface area contributed by atoms with Crippen molar-refractivity contribution in [3.8, 4) is 17.1 Å². The molecule has 0 amide bonds. The molecule has 6 heteroatoms. The second-order valence-corrected chi connectivity index (χ2v) is 7.02. The monoisotopic (exact) mass is 379 g/mol. The summed E-state index contributed by atoms with van der Waals surface area (Å²) in [4.78, 5) is 8.73. The second-order valence-electron chi connectivity index (χ2n) is 6.58. The van der Waals surface area contributed by atoms with Crippen molar-refractivity contribution in [2.45, 2.75) is 19.8 Å². The first-order valence-corrected chi connectivity index (χ1v) is 9.00. The highest BCUT2D eigenvalue weighted by atomic mass is 35.5. The van der Waals surface area contributed by atoms with Gasteiger partial charge in [0, 0.05) is 27.9 Å². The van der Waals surface area contributed by atoms with Crippen LogP contribution in [-0.2, 0) is 0 Å². The van der Waals surface area contributed by atoms with Gasteiger partial charge in [-0.15, -0.1) is 0 Å². The molecule has 2 heterocycles. The minimum atomic E-state index is 0.184. The lowest BCUT2D eigenvalue weighted by Crippen LogP contribution is -1.97. The van der Waals surface area contributed by atoms with E-state index in [0.717, 1.165) is 28.0 Å². The lowest BCUT2D eigenvalue weighted by Gasteiger charge is -2.10. The predicted octanol–water partition coefficient (Wildman–Crippen LogP) is 6.12. The number of phenols is 1. The Bertz CT molecular complexity index is 1100. The van der Waals surface area contributed by atoms with Crippen LogP contribution in [0.3, 0.4) is 0 Å². The molecule has 2 aromatic heterocycles. The number of halogens is 1. The van der Waals surface area contributed by atoms with Crippen molar-refractivity contribution < 1.29 is 9.52 Å². The zero-order chi connectivity index (χ0) is 19.0. The Hall–Kier alpha value is -3.05. The summed E-state index contributed by atoms with van der Waals surface area (Å²) in [5, 5.41) is 14.5. The van der Waals surface area contributed by atoms with Gasteiger partial charge in [0.25, 0.3) is 0 Å². The summed E-state index contributed by atoms with van der Waals surface area (Å²) >= 11 is 6.03. The maximum Gasteiger partial charge on any atom is 0.232 e. The van der Waals surface area contributed by atoms with Gasteiger partial charge in [-0.05, 0) is 42.3 Å². The number of fused-ring (bicyclic) bond motifs is 1. The van der Waals surface area contributed by atoms with Gasteiger partial charge in [0.1, 0.15) is 23.7 Å². The summed E-state index contributed by atoms with van der Waals surface area (Å²) in [5.74, 6) is 1.77. The first-order chi connectivity index (χ1) is 13.0. The third-order valence-corrected chi connectivity index (χ3v) is 4.57. The maximum atomic E-state index is 9.72. The van der Waals surface area contributed by atoms with Crippen molar-refractivity contribution in [1.29, 1.82) is 0 Å². The maximum absolute atomic E-state index is 9.72. The van der Waals surface area contributed by atoms with E-state index in [-0.39, 0.29) is 11.7 Å². The number of phenolic OH excluding ortho intramolecular Hbond substituents is 1. The van der Waals surface area contributed by atoms with Crippen LogP contribution < -0.4 is 5.32 Å². The fourth-order valence-corrected chi connectivity index (χ4v) is 3.26. The molecule has 4 rings (SSSR count). The van der Waals surface area contributed by atoms with Gasteiger partial charge in [0.2, 0.25) is 5.71 Å². The van der Waals surface area contributed by atoms with Crippen LogP contribution in [-0.4, -0.2) is 15.1 Å². The van der Waals surface area contributed by atoms with Gasteiger partial charge in [-0.2, -0.15) is 0 Å². The second kappa shape index (κ2) is 6.93. The number of aromatic hydroxyl groups is 1. The molecule has 0 bridgehead atoms. The zero-order valence-electron chi connectivity index (χ0n) is 14.9. The number of hydrogen-bond acceptors (Lipinski definition) is 5. The number of benzene rings is 2. The standard InChI is InChI=1S/C21H18ClN3O2/c1-12(2)17-18-20(25-15-4-3-5-16(26)10-15)23-11-24-21(18)27-19(17)13-6-8-14(22)9-7-13/h3-12,26H,1-2H3,(H,23,24,25). The number of nitrogens with one attached hydrogen (secondary N) is 1. The minimum absolute atomic E-state index is 0.184. The summed E-state index contributed by atoms with van der Waals surface area (Å²) in [6, 6.07) is 14.4. The molecule has 0 saturated heterocycles. The average molecular weight is 380 g/mol. The van der Waals surface area contributed by atoms with Gasteiger partial charge in [-0.25, -0.2) is 9.97 Å². The molecule has 0 aliphatic heterocycles. The number of rotatable bonds is 4. The molecular formula is C21H18ClN3O2. The summed E-state index contributed by atoms with van der Waals surface area (Å²) < 4.78 is 6.10. The molecule has 2 N–H and O–H groups in total. The van der Waals surface area contributed by atoms with Gasteiger partial charge >= 0.3 is 0 Å². The molecule has 4 aromatic rings. The molecule has 0 fully saturated rings. The van der Waals surface area contributed by atoms with E-state index < -0.39 is 0 Å². The Morgan fingerprint density at radius 2 is 1.85 bits per heavy atom. The third-order valence-electron chi connectivity index (χ3n) is 4.32. The van der Waals surface area contributed by atoms with Crippen LogP contribution in [0, 0.1) is 0 Å². The number of hydrogen-bond donors (Lipinski definition) is 2. The summed E-state index contributed by atoms with van der Waals surface area (Å²) in [6.45, 7) is 4.21. The number of furan rings is 1. The Balaban J connectivity index is 1.90. The van der Waals surface area contributed by atoms with E-state index in [1.54, 1.807) is 18.2 Å². The summed E-state index contributed by atoms with van der Waals surface area (Å²) in [6.07, 6.45) is 1.46. The van der Waals surface area contributed by atoms with Gasteiger partial charge in [-0.1, -0.05) is 31.5 Å². The van der Waals surface area contributed by atoms with Crippen molar-refractivity contribution in [1.82, 2.24) is 9.97 Å². The van der Waals surface area contributed by atoms with Crippen molar-refractivity contribution in [2.24, 2.45) is 0 Å². The fraction of sp³-hybridized carbons (Fsp3) is 0.143. The lowest BCUT2D eigenvalue weighted by atomic mass is 9.97. The highest BCUT2D eigenvalue weighted by molar-refractivity contribution is 6.30. The molecule has 0 aliphatic rings. The topological polar surface area (TPSA) is 71.2 Å².